The smallest absolute Gasteiger partial charge is 0.406 e. The summed E-state index contributed by atoms with van der Waals surface area (Å²) in [5, 5.41) is 7.92. The fraction of sp³-hybridized carbons (Fsp3) is 0.889. The summed E-state index contributed by atoms with van der Waals surface area (Å²) in [5.41, 5.74) is 0. The zero-order valence-corrected chi connectivity index (χ0v) is 8.63. The Kier molecular flexibility index (Phi) is 11.8. The number of nitrogens with zero attached hydrogens (tertiary/aromatic N) is 1. The molecule has 0 fully saturated rings. The number of unbranched alkanes of at least 4 members (excludes halogenated alkanes) is 3. The molecule has 0 atom stereocenters. The molecular formula is C9H21NO2. The molecule has 1 amide bonds. The van der Waals surface area contributed by atoms with E-state index in [0.29, 0.717) is 0 Å². The maximum absolute atomic E-state index is 9.62. The van der Waals surface area contributed by atoms with Gasteiger partial charge < -0.3 is 10.0 Å². The van der Waals surface area contributed by atoms with Crippen molar-refractivity contribution < 1.29 is 9.90 Å². The molecular weight excluding hydrogens is 154 g/mol. The minimum atomic E-state index is -0.907. The number of rotatable bonds is 3. The molecule has 3 nitrogen and oxygen atoms in total. The van der Waals surface area contributed by atoms with Crippen LogP contribution in [-0.2, 0) is 0 Å². The highest BCUT2D eigenvalue weighted by Gasteiger charge is 1.91. The lowest BCUT2D eigenvalue weighted by molar-refractivity contribution is 0.165. The van der Waals surface area contributed by atoms with Crippen molar-refractivity contribution in [2.45, 2.75) is 39.5 Å². The molecule has 0 aromatic rings. The van der Waals surface area contributed by atoms with Gasteiger partial charge in [0.15, 0.2) is 0 Å². The summed E-state index contributed by atoms with van der Waals surface area (Å²) >= 11 is 0. The summed E-state index contributed by atoms with van der Waals surface area (Å²) < 4.78 is 0. The van der Waals surface area contributed by atoms with E-state index in [4.69, 9.17) is 5.11 Å². The Balaban J connectivity index is 0. The lowest BCUT2D eigenvalue weighted by Gasteiger charge is -1.99. The molecule has 1 N–H and O–H groups in total. The van der Waals surface area contributed by atoms with Crippen molar-refractivity contribution >= 4 is 6.09 Å². The van der Waals surface area contributed by atoms with Crippen molar-refractivity contribution in [1.29, 1.82) is 0 Å². The van der Waals surface area contributed by atoms with Crippen LogP contribution in [0.5, 0.6) is 0 Å². The van der Waals surface area contributed by atoms with Gasteiger partial charge in [-0.3, -0.25) is 0 Å². The summed E-state index contributed by atoms with van der Waals surface area (Å²) in [6, 6.07) is 0. The van der Waals surface area contributed by atoms with E-state index in [1.54, 1.807) is 0 Å². The molecule has 0 unspecified atom stereocenters. The molecule has 0 heterocycles. The predicted molar refractivity (Wildman–Crippen MR) is 51.5 cm³/mol. The molecule has 0 aromatic carbocycles. The molecule has 3 heteroatoms. The fourth-order valence-electron chi connectivity index (χ4n) is 0.500. The van der Waals surface area contributed by atoms with Crippen LogP contribution < -0.4 is 0 Å². The molecule has 0 spiro atoms. The molecule has 0 aliphatic heterocycles. The molecule has 0 aromatic heterocycles. The van der Waals surface area contributed by atoms with Crippen molar-refractivity contribution in [3.05, 3.63) is 0 Å². The minimum absolute atomic E-state index is 0.907. The normalized spacial score (nSPS) is 8.33. The number of carbonyl (C=O) groups is 1. The van der Waals surface area contributed by atoms with Gasteiger partial charge in [-0.1, -0.05) is 39.5 Å². The minimum Gasteiger partial charge on any atom is -0.465 e. The van der Waals surface area contributed by atoms with Gasteiger partial charge in [-0.05, 0) is 0 Å². The number of carboxylic acid groups (broad SMARTS) is 1. The monoisotopic (exact) mass is 175 g/mol. The van der Waals surface area contributed by atoms with Gasteiger partial charge in [-0.2, -0.15) is 0 Å². The van der Waals surface area contributed by atoms with Gasteiger partial charge in [0.25, 0.3) is 0 Å². The van der Waals surface area contributed by atoms with E-state index in [2.05, 4.69) is 13.8 Å². The van der Waals surface area contributed by atoms with E-state index >= 15 is 0 Å². The SMILES string of the molecule is CCCCCC.CN(C)C(=O)O. The molecule has 0 saturated carbocycles. The first-order valence-electron chi connectivity index (χ1n) is 4.46. The van der Waals surface area contributed by atoms with E-state index in [0.717, 1.165) is 4.90 Å². The highest BCUT2D eigenvalue weighted by Crippen LogP contribution is 1.95. The first kappa shape index (κ1) is 13.8. The summed E-state index contributed by atoms with van der Waals surface area (Å²) in [6.07, 6.45) is 4.63. The van der Waals surface area contributed by atoms with E-state index in [-0.39, 0.29) is 0 Å². The summed E-state index contributed by atoms with van der Waals surface area (Å²) in [6.45, 7) is 4.46. The van der Waals surface area contributed by atoms with Gasteiger partial charge in [0.2, 0.25) is 0 Å². The van der Waals surface area contributed by atoms with Crippen molar-refractivity contribution in [3.63, 3.8) is 0 Å². The maximum atomic E-state index is 9.62. The highest BCUT2D eigenvalue weighted by atomic mass is 16.4. The van der Waals surface area contributed by atoms with Gasteiger partial charge in [0, 0.05) is 14.1 Å². The maximum Gasteiger partial charge on any atom is 0.406 e. The van der Waals surface area contributed by atoms with E-state index in [1.807, 2.05) is 0 Å². The zero-order valence-electron chi connectivity index (χ0n) is 8.63. The average Bonchev–Trinajstić information content (AvgIpc) is 2.02. The first-order chi connectivity index (χ1) is 5.56. The Morgan fingerprint density at radius 3 is 1.50 bits per heavy atom. The lowest BCUT2D eigenvalue weighted by atomic mass is 10.2. The van der Waals surface area contributed by atoms with Crippen molar-refractivity contribution in [2.24, 2.45) is 0 Å². The second-order valence-corrected chi connectivity index (χ2v) is 2.88. The van der Waals surface area contributed by atoms with E-state index < -0.39 is 6.09 Å². The van der Waals surface area contributed by atoms with Crippen LogP contribution in [0.15, 0.2) is 0 Å². The van der Waals surface area contributed by atoms with Gasteiger partial charge in [-0.25, -0.2) is 4.79 Å². The van der Waals surface area contributed by atoms with Gasteiger partial charge >= 0.3 is 6.09 Å². The topological polar surface area (TPSA) is 40.5 Å². The standard InChI is InChI=1S/C6H14.C3H7NO2/c1-3-5-6-4-2;1-4(2)3(5)6/h3-6H2,1-2H3;1-2H3,(H,5,6). The van der Waals surface area contributed by atoms with Gasteiger partial charge in [0.1, 0.15) is 0 Å². The largest absolute Gasteiger partial charge is 0.465 e. The average molecular weight is 175 g/mol. The van der Waals surface area contributed by atoms with E-state index in [9.17, 15) is 4.79 Å². The van der Waals surface area contributed by atoms with Crippen LogP contribution in [0.4, 0.5) is 4.79 Å². The predicted octanol–water partition coefficient (Wildman–Crippen LogP) is 2.81. The Morgan fingerprint density at radius 2 is 1.42 bits per heavy atom. The van der Waals surface area contributed by atoms with Crippen LogP contribution in [-0.4, -0.2) is 30.2 Å². The molecule has 0 rings (SSSR count). The van der Waals surface area contributed by atoms with Crippen LogP contribution in [0.3, 0.4) is 0 Å². The van der Waals surface area contributed by atoms with Crippen LogP contribution in [0.2, 0.25) is 0 Å². The third kappa shape index (κ3) is 16.1. The van der Waals surface area contributed by atoms with Crippen LogP contribution in [0.25, 0.3) is 0 Å². The first-order valence-corrected chi connectivity index (χ1v) is 4.46. The van der Waals surface area contributed by atoms with Gasteiger partial charge in [-0.15, -0.1) is 0 Å². The molecule has 0 bridgehead atoms. The lowest BCUT2D eigenvalue weighted by Crippen LogP contribution is -2.18. The number of amides is 1. The summed E-state index contributed by atoms with van der Waals surface area (Å²) in [4.78, 5) is 10.7. The van der Waals surface area contributed by atoms with Crippen molar-refractivity contribution in [1.82, 2.24) is 4.90 Å². The van der Waals surface area contributed by atoms with Crippen LogP contribution in [0, 0.1) is 0 Å². The second kappa shape index (κ2) is 10.3. The summed E-state index contributed by atoms with van der Waals surface area (Å²) in [5.74, 6) is 0. The Labute approximate surface area is 75.4 Å². The Morgan fingerprint density at radius 1 is 1.17 bits per heavy atom. The summed E-state index contributed by atoms with van der Waals surface area (Å²) in [7, 11) is 2.95. The van der Waals surface area contributed by atoms with Crippen LogP contribution >= 0.6 is 0 Å². The van der Waals surface area contributed by atoms with Gasteiger partial charge in [0.05, 0.1) is 0 Å². The second-order valence-electron chi connectivity index (χ2n) is 2.88. The third-order valence-electron chi connectivity index (χ3n) is 1.34. The Hall–Kier alpha value is -0.730. The quantitative estimate of drug-likeness (QED) is 0.670. The highest BCUT2D eigenvalue weighted by molar-refractivity contribution is 5.63. The number of hydrogen-bond acceptors (Lipinski definition) is 1. The fourth-order valence-corrected chi connectivity index (χ4v) is 0.500. The molecule has 74 valence electrons. The number of hydrogen-bond donors (Lipinski definition) is 1. The molecule has 0 radical (unpaired) electrons. The van der Waals surface area contributed by atoms with Crippen LogP contribution in [0.1, 0.15) is 39.5 Å². The molecule has 12 heavy (non-hydrogen) atoms. The Bertz CT molecular complexity index is 98.7. The molecule has 0 aliphatic rings. The van der Waals surface area contributed by atoms with Crippen molar-refractivity contribution in [3.8, 4) is 0 Å². The van der Waals surface area contributed by atoms with E-state index in [1.165, 1.54) is 39.8 Å². The molecule has 0 aliphatic carbocycles. The molecule has 0 saturated heterocycles. The van der Waals surface area contributed by atoms with Crippen molar-refractivity contribution in [2.75, 3.05) is 14.1 Å². The zero-order chi connectivity index (χ0) is 9.98. The third-order valence-corrected chi connectivity index (χ3v) is 1.34.